The van der Waals surface area contributed by atoms with Crippen molar-refractivity contribution in [2.75, 3.05) is 12.8 Å². The topological polar surface area (TPSA) is 57.4 Å². The summed E-state index contributed by atoms with van der Waals surface area (Å²) in [4.78, 5) is 4.98. The van der Waals surface area contributed by atoms with E-state index in [-0.39, 0.29) is 0 Å². The number of nitrogens with two attached hydrogens (primary N) is 1. The average Bonchev–Trinajstić information content (AvgIpc) is 2.82. The Labute approximate surface area is 110 Å². The molecule has 0 aliphatic heterocycles. The molecular weight excluding hydrogens is 248 g/mol. The predicted octanol–water partition coefficient (Wildman–Crippen LogP) is 2.88. The van der Waals surface area contributed by atoms with Gasteiger partial charge in [-0.15, -0.1) is 0 Å². The molecule has 0 atom stereocenters. The maximum Gasteiger partial charge on any atom is 0.180 e. The van der Waals surface area contributed by atoms with Gasteiger partial charge in [-0.2, -0.15) is 0 Å². The number of ether oxygens (including phenoxy) is 2. The Morgan fingerprint density at radius 3 is 2.78 bits per heavy atom. The second-order valence-electron chi connectivity index (χ2n) is 3.79. The molecule has 1 aromatic carbocycles. The average molecular weight is 264 g/mol. The van der Waals surface area contributed by atoms with Crippen LogP contribution in [0.3, 0.4) is 0 Å². The lowest BCUT2D eigenvalue weighted by Crippen LogP contribution is -1.96. The lowest BCUT2D eigenvalue weighted by Gasteiger charge is -2.10. The number of nitrogens with zero attached hydrogens (tertiary/aromatic N) is 1. The van der Waals surface area contributed by atoms with E-state index in [1.165, 1.54) is 16.9 Å². The molecule has 2 rings (SSSR count). The van der Waals surface area contributed by atoms with E-state index in [1.54, 1.807) is 13.3 Å². The van der Waals surface area contributed by atoms with Crippen LogP contribution >= 0.6 is 11.3 Å². The van der Waals surface area contributed by atoms with E-state index < -0.39 is 0 Å². The second-order valence-corrected chi connectivity index (χ2v) is 4.94. The van der Waals surface area contributed by atoms with Crippen molar-refractivity contribution in [2.45, 2.75) is 20.0 Å². The number of thiazole rings is 1. The summed E-state index contributed by atoms with van der Waals surface area (Å²) in [6.07, 6.45) is 2.70. The van der Waals surface area contributed by atoms with Crippen molar-refractivity contribution in [1.29, 1.82) is 0 Å². The molecule has 2 N–H and O–H groups in total. The normalized spacial score (nSPS) is 10.3. The highest BCUT2D eigenvalue weighted by Crippen LogP contribution is 2.29. The van der Waals surface area contributed by atoms with Gasteiger partial charge in [0.15, 0.2) is 16.6 Å². The number of aromatic nitrogens is 1. The zero-order valence-corrected chi connectivity index (χ0v) is 11.3. The third-order valence-corrected chi connectivity index (χ3v) is 3.38. The van der Waals surface area contributed by atoms with Crippen molar-refractivity contribution < 1.29 is 9.47 Å². The van der Waals surface area contributed by atoms with E-state index in [4.69, 9.17) is 15.2 Å². The Balaban J connectivity index is 2.08. The maximum absolute atomic E-state index is 5.72. The van der Waals surface area contributed by atoms with Crippen molar-refractivity contribution in [3.05, 3.63) is 34.8 Å². The molecule has 5 heteroatoms. The van der Waals surface area contributed by atoms with Crippen LogP contribution in [0.25, 0.3) is 0 Å². The molecule has 0 amide bonds. The monoisotopic (exact) mass is 264 g/mol. The van der Waals surface area contributed by atoms with E-state index >= 15 is 0 Å². The van der Waals surface area contributed by atoms with Gasteiger partial charge in [0, 0.05) is 6.20 Å². The molecule has 0 aliphatic rings. The first-order valence-corrected chi connectivity index (χ1v) is 6.54. The number of methoxy groups -OCH3 is 1. The number of aryl methyl sites for hydroxylation is 1. The summed E-state index contributed by atoms with van der Waals surface area (Å²) in [5, 5.41) is 0.557. The fourth-order valence-corrected chi connectivity index (χ4v) is 2.19. The maximum atomic E-state index is 5.72. The van der Waals surface area contributed by atoms with Gasteiger partial charge >= 0.3 is 0 Å². The molecule has 18 heavy (non-hydrogen) atoms. The Hall–Kier alpha value is -1.75. The predicted molar refractivity (Wildman–Crippen MR) is 73.2 cm³/mol. The lowest BCUT2D eigenvalue weighted by molar-refractivity contribution is 0.287. The number of hydrogen-bond donors (Lipinski definition) is 1. The van der Waals surface area contributed by atoms with Gasteiger partial charge in [-0.1, -0.05) is 24.3 Å². The van der Waals surface area contributed by atoms with Crippen LogP contribution in [-0.2, 0) is 13.0 Å². The standard InChI is InChI=1S/C13H16N2O2S/c1-3-9-4-5-11(12(6-9)16-2)17-8-10-7-15-13(14)18-10/h4-7H,3,8H2,1-2H3,(H2,14,15). The van der Waals surface area contributed by atoms with E-state index in [2.05, 4.69) is 11.9 Å². The summed E-state index contributed by atoms with van der Waals surface area (Å²) >= 11 is 1.43. The summed E-state index contributed by atoms with van der Waals surface area (Å²) in [6.45, 7) is 2.56. The molecule has 0 unspecified atom stereocenters. The molecular formula is C13H16N2O2S. The Bertz CT molecular complexity index is 525. The van der Waals surface area contributed by atoms with Gasteiger partial charge in [0.2, 0.25) is 0 Å². The van der Waals surface area contributed by atoms with Crippen molar-refractivity contribution in [2.24, 2.45) is 0 Å². The molecule has 96 valence electrons. The molecule has 4 nitrogen and oxygen atoms in total. The van der Waals surface area contributed by atoms with Crippen molar-refractivity contribution >= 4 is 16.5 Å². The van der Waals surface area contributed by atoms with Crippen LogP contribution in [0.4, 0.5) is 5.13 Å². The Morgan fingerprint density at radius 1 is 1.33 bits per heavy atom. The number of rotatable bonds is 5. The largest absolute Gasteiger partial charge is 0.493 e. The summed E-state index contributed by atoms with van der Waals surface area (Å²) in [5.74, 6) is 1.49. The van der Waals surface area contributed by atoms with Gasteiger partial charge in [-0.3, -0.25) is 0 Å². The van der Waals surface area contributed by atoms with Crippen molar-refractivity contribution in [3.8, 4) is 11.5 Å². The van der Waals surface area contributed by atoms with Crippen molar-refractivity contribution in [1.82, 2.24) is 4.98 Å². The van der Waals surface area contributed by atoms with Gasteiger partial charge in [-0.25, -0.2) is 4.98 Å². The zero-order chi connectivity index (χ0) is 13.0. The summed E-state index contributed by atoms with van der Waals surface area (Å²) in [5.41, 5.74) is 6.79. The van der Waals surface area contributed by atoms with Crippen LogP contribution in [0, 0.1) is 0 Å². The van der Waals surface area contributed by atoms with Crippen LogP contribution in [0.1, 0.15) is 17.4 Å². The highest BCUT2D eigenvalue weighted by Gasteiger charge is 2.06. The fourth-order valence-electron chi connectivity index (χ4n) is 1.59. The first-order valence-electron chi connectivity index (χ1n) is 5.72. The molecule has 0 saturated heterocycles. The number of anilines is 1. The van der Waals surface area contributed by atoms with Crippen LogP contribution in [0.2, 0.25) is 0 Å². The van der Waals surface area contributed by atoms with E-state index in [0.717, 1.165) is 22.8 Å². The van der Waals surface area contributed by atoms with Gasteiger partial charge in [0.05, 0.1) is 12.0 Å². The van der Waals surface area contributed by atoms with Crippen LogP contribution in [0.15, 0.2) is 24.4 Å². The Kier molecular flexibility index (Phi) is 4.04. The lowest BCUT2D eigenvalue weighted by atomic mass is 10.1. The van der Waals surface area contributed by atoms with Crippen LogP contribution < -0.4 is 15.2 Å². The molecule has 0 saturated carbocycles. The van der Waals surface area contributed by atoms with Gasteiger partial charge in [-0.05, 0) is 24.1 Å². The fraction of sp³-hybridized carbons (Fsp3) is 0.308. The minimum absolute atomic E-state index is 0.455. The molecule has 0 fully saturated rings. The molecule has 1 aromatic heterocycles. The molecule has 0 aliphatic carbocycles. The molecule has 0 radical (unpaired) electrons. The van der Waals surface area contributed by atoms with Gasteiger partial charge < -0.3 is 15.2 Å². The minimum atomic E-state index is 0.455. The summed E-state index contributed by atoms with van der Waals surface area (Å²) < 4.78 is 11.0. The van der Waals surface area contributed by atoms with Gasteiger partial charge in [0.25, 0.3) is 0 Å². The molecule has 2 aromatic rings. The van der Waals surface area contributed by atoms with E-state index in [9.17, 15) is 0 Å². The number of hydrogen-bond acceptors (Lipinski definition) is 5. The minimum Gasteiger partial charge on any atom is -0.493 e. The van der Waals surface area contributed by atoms with E-state index in [0.29, 0.717) is 11.7 Å². The third-order valence-electron chi connectivity index (χ3n) is 2.58. The summed E-state index contributed by atoms with van der Waals surface area (Å²) in [6, 6.07) is 5.97. The molecule has 0 spiro atoms. The van der Waals surface area contributed by atoms with E-state index in [1.807, 2.05) is 18.2 Å². The smallest absolute Gasteiger partial charge is 0.180 e. The van der Waals surface area contributed by atoms with Crippen LogP contribution in [0.5, 0.6) is 11.5 Å². The number of nitrogen functional groups attached to an aromatic ring is 1. The highest BCUT2D eigenvalue weighted by atomic mass is 32.1. The molecule has 0 bridgehead atoms. The molecule has 1 heterocycles. The summed E-state index contributed by atoms with van der Waals surface area (Å²) in [7, 11) is 1.65. The Morgan fingerprint density at radius 2 is 2.17 bits per heavy atom. The van der Waals surface area contributed by atoms with Gasteiger partial charge in [0.1, 0.15) is 6.61 Å². The zero-order valence-electron chi connectivity index (χ0n) is 10.5. The highest BCUT2D eigenvalue weighted by molar-refractivity contribution is 7.15. The first-order chi connectivity index (χ1) is 8.72. The first kappa shape index (κ1) is 12.7. The third kappa shape index (κ3) is 2.92. The SMILES string of the molecule is CCc1ccc(OCc2cnc(N)s2)c(OC)c1. The van der Waals surface area contributed by atoms with Crippen molar-refractivity contribution in [3.63, 3.8) is 0 Å². The van der Waals surface area contributed by atoms with Crippen LogP contribution in [-0.4, -0.2) is 12.1 Å². The number of benzene rings is 1. The quantitative estimate of drug-likeness (QED) is 0.902. The second kappa shape index (κ2) is 5.73.